The molecule has 2 atom stereocenters. The van der Waals surface area contributed by atoms with Crippen molar-refractivity contribution in [3.63, 3.8) is 0 Å². The number of alkyl halides is 12. The highest BCUT2D eigenvalue weighted by atomic mass is 35.5. The first kappa shape index (κ1) is 19.6. The van der Waals surface area contributed by atoms with Gasteiger partial charge in [0.15, 0.2) is 0 Å². The Morgan fingerprint density at radius 1 is 0.667 bits per heavy atom. The molecule has 0 fully saturated rings. The lowest BCUT2D eigenvalue weighted by Crippen LogP contribution is -2.55. The molecule has 13 heteroatoms. The summed E-state index contributed by atoms with van der Waals surface area (Å²) in [6.07, 6.45) is 0. The molecule has 0 rings (SSSR count). The minimum atomic E-state index is -4.93. The summed E-state index contributed by atoms with van der Waals surface area (Å²) in [5.41, 5.74) is 0. The van der Waals surface area contributed by atoms with E-state index in [1.165, 1.54) is 0 Å². The lowest BCUT2D eigenvalue weighted by Gasteiger charge is -2.37. The molecule has 110 valence electrons. The van der Waals surface area contributed by atoms with E-state index in [9.17, 15) is 22.0 Å². The fourth-order valence-electron chi connectivity index (χ4n) is 0.448. The molecule has 0 heterocycles. The van der Waals surface area contributed by atoms with E-state index in [-0.39, 0.29) is 0 Å². The Labute approximate surface area is 132 Å². The topological polar surface area (TPSA) is 9.23 Å². The Bertz CT molecular complexity index is 308. The van der Waals surface area contributed by atoms with Crippen LogP contribution in [0.25, 0.3) is 0 Å². The van der Waals surface area contributed by atoms with E-state index in [4.69, 9.17) is 23.2 Å². The minimum Gasteiger partial charge on any atom is -0.288 e. The number of rotatable bonds is 5. The predicted molar refractivity (Wildman–Crippen MR) is 61.3 cm³/mol. The van der Waals surface area contributed by atoms with Gasteiger partial charge >= 0.3 is 20.4 Å². The normalized spacial score (nSPS) is 21.3. The van der Waals surface area contributed by atoms with Crippen LogP contribution in [0.2, 0.25) is 0 Å². The van der Waals surface area contributed by atoms with Gasteiger partial charge in [-0.15, -0.1) is 0 Å². The van der Waals surface area contributed by atoms with Crippen molar-refractivity contribution in [3.8, 4) is 0 Å². The maximum Gasteiger partial charge on any atom is 0.374 e. The van der Waals surface area contributed by atoms with Crippen LogP contribution in [0.1, 0.15) is 0 Å². The van der Waals surface area contributed by atoms with Crippen molar-refractivity contribution in [2.75, 3.05) is 0 Å². The maximum absolute atomic E-state index is 13.4. The van der Waals surface area contributed by atoms with E-state index >= 15 is 0 Å². The summed E-state index contributed by atoms with van der Waals surface area (Å²) in [4.78, 5) is 0. The van der Waals surface area contributed by atoms with Crippen molar-refractivity contribution in [3.05, 3.63) is 0 Å². The van der Waals surface area contributed by atoms with Crippen molar-refractivity contribution in [1.82, 2.24) is 0 Å². The standard InChI is InChI=1S/C5Cl7F5O/c6-1(13,4(11,15)16)3(9,10)18-5(12,17)2(7,8)14. The average Bonchev–Trinajstić information content (AvgIpc) is 1.96. The lowest BCUT2D eigenvalue weighted by molar-refractivity contribution is -0.189. The lowest BCUT2D eigenvalue weighted by atomic mass is 10.4. The molecule has 0 spiro atoms. The van der Waals surface area contributed by atoms with Crippen molar-refractivity contribution >= 4 is 81.2 Å². The van der Waals surface area contributed by atoms with Gasteiger partial charge < -0.3 is 0 Å². The van der Waals surface area contributed by atoms with E-state index in [1.807, 2.05) is 0 Å². The summed E-state index contributed by atoms with van der Waals surface area (Å²) in [5.74, 6) is 0. The highest BCUT2D eigenvalue weighted by Gasteiger charge is 2.70. The Hall–Kier alpha value is 1.64. The number of hydrogen-bond acceptors (Lipinski definition) is 1. The second-order valence-corrected chi connectivity index (χ2v) is 6.68. The molecule has 0 aromatic carbocycles. The van der Waals surface area contributed by atoms with Gasteiger partial charge in [-0.25, -0.2) is 4.39 Å². The highest BCUT2D eigenvalue weighted by Crippen LogP contribution is 2.56. The Kier molecular flexibility index (Phi) is 5.94. The second kappa shape index (κ2) is 5.44. The zero-order valence-electron chi connectivity index (χ0n) is 7.44. The molecule has 0 aliphatic heterocycles. The van der Waals surface area contributed by atoms with Crippen LogP contribution in [0.5, 0.6) is 0 Å². The van der Waals surface area contributed by atoms with Gasteiger partial charge in [-0.1, -0.05) is 58.0 Å². The fourth-order valence-corrected chi connectivity index (χ4v) is 1.44. The molecule has 0 aliphatic carbocycles. The van der Waals surface area contributed by atoms with Crippen molar-refractivity contribution in [1.29, 1.82) is 0 Å². The van der Waals surface area contributed by atoms with Crippen LogP contribution in [0.3, 0.4) is 0 Å². The van der Waals surface area contributed by atoms with Crippen LogP contribution < -0.4 is 0 Å². The van der Waals surface area contributed by atoms with Crippen LogP contribution in [0, 0.1) is 0 Å². The predicted octanol–water partition coefficient (Wildman–Crippen LogP) is 5.83. The van der Waals surface area contributed by atoms with Gasteiger partial charge in [0.2, 0.25) is 0 Å². The summed E-state index contributed by atoms with van der Waals surface area (Å²) in [6, 6.07) is 0. The quantitative estimate of drug-likeness (QED) is 0.402. The zero-order chi connectivity index (χ0) is 15.2. The zero-order valence-corrected chi connectivity index (χ0v) is 12.7. The summed E-state index contributed by atoms with van der Waals surface area (Å²) in [6.45, 7) is 0. The van der Waals surface area contributed by atoms with E-state index < -0.39 is 24.9 Å². The molecular weight excluding hydrogens is 419 g/mol. The first-order chi connectivity index (χ1) is 7.46. The number of ether oxygens (including phenoxy) is 1. The molecule has 0 radical (unpaired) electrons. The van der Waals surface area contributed by atoms with Crippen LogP contribution in [-0.4, -0.2) is 24.9 Å². The second-order valence-electron chi connectivity index (χ2n) is 2.71. The summed E-state index contributed by atoms with van der Waals surface area (Å²) in [7, 11) is 0. The molecule has 0 aromatic heterocycles. The third-order valence-electron chi connectivity index (χ3n) is 1.31. The third kappa shape index (κ3) is 4.07. The largest absolute Gasteiger partial charge is 0.374 e. The van der Waals surface area contributed by atoms with Crippen molar-refractivity contribution in [2.24, 2.45) is 0 Å². The van der Waals surface area contributed by atoms with Gasteiger partial charge in [0.05, 0.1) is 0 Å². The highest BCUT2D eigenvalue weighted by molar-refractivity contribution is 6.54. The van der Waals surface area contributed by atoms with E-state index in [0.29, 0.717) is 0 Å². The molecule has 0 aliphatic rings. The molecule has 1 nitrogen and oxygen atoms in total. The van der Waals surface area contributed by atoms with Crippen LogP contribution >= 0.6 is 81.2 Å². The average molecular weight is 419 g/mol. The van der Waals surface area contributed by atoms with Gasteiger partial charge in [0.1, 0.15) is 0 Å². The molecular formula is C5Cl7F5O. The molecule has 0 aromatic rings. The Balaban J connectivity index is 5.33. The van der Waals surface area contributed by atoms with Gasteiger partial charge in [-0.2, -0.15) is 17.6 Å². The Morgan fingerprint density at radius 3 is 1.22 bits per heavy atom. The molecule has 2 unspecified atom stereocenters. The van der Waals surface area contributed by atoms with E-state index in [1.54, 1.807) is 0 Å². The van der Waals surface area contributed by atoms with Gasteiger partial charge in [0.25, 0.3) is 4.52 Å². The molecule has 0 N–H and O–H groups in total. The van der Waals surface area contributed by atoms with E-state index in [0.717, 1.165) is 0 Å². The van der Waals surface area contributed by atoms with Crippen molar-refractivity contribution in [2.45, 2.75) is 24.9 Å². The summed E-state index contributed by atoms with van der Waals surface area (Å²) in [5, 5.41) is -13.8. The van der Waals surface area contributed by atoms with Crippen LogP contribution in [-0.2, 0) is 4.74 Å². The van der Waals surface area contributed by atoms with E-state index in [2.05, 4.69) is 62.7 Å². The smallest absolute Gasteiger partial charge is 0.288 e. The molecule has 0 saturated carbocycles. The molecule has 0 saturated heterocycles. The monoisotopic (exact) mass is 416 g/mol. The number of hydrogen-bond donors (Lipinski definition) is 0. The Morgan fingerprint density at radius 2 is 1.00 bits per heavy atom. The molecule has 0 bridgehead atoms. The van der Waals surface area contributed by atoms with Crippen LogP contribution in [0.15, 0.2) is 0 Å². The SMILES string of the molecule is FC(F)(Cl)C(F)(Cl)C(Cl)(Cl)OC(F)(Cl)C(F)(Cl)Cl. The van der Waals surface area contributed by atoms with Gasteiger partial charge in [-0.05, 0) is 23.2 Å². The van der Waals surface area contributed by atoms with Crippen LogP contribution in [0.4, 0.5) is 22.0 Å². The molecule has 0 amide bonds. The fraction of sp³-hybridized carbons (Fsp3) is 1.00. The van der Waals surface area contributed by atoms with Gasteiger partial charge in [0, 0.05) is 0 Å². The van der Waals surface area contributed by atoms with Crippen molar-refractivity contribution < 1.29 is 26.7 Å². The number of halogens is 12. The first-order valence-electron chi connectivity index (χ1n) is 3.43. The third-order valence-corrected chi connectivity index (χ3v) is 4.05. The summed E-state index contributed by atoms with van der Waals surface area (Å²) >= 11 is 32.3. The summed E-state index contributed by atoms with van der Waals surface area (Å²) < 4.78 is 60.0. The molecule has 18 heavy (non-hydrogen) atoms. The maximum atomic E-state index is 13.4. The first-order valence-corrected chi connectivity index (χ1v) is 6.07. The minimum absolute atomic E-state index is 3.50. The van der Waals surface area contributed by atoms with Gasteiger partial charge in [-0.3, -0.25) is 4.74 Å².